The van der Waals surface area contributed by atoms with E-state index in [4.69, 9.17) is 9.72 Å². The molecule has 7 aromatic rings. The predicted molar refractivity (Wildman–Crippen MR) is 273 cm³/mol. The Hall–Kier alpha value is -7.50. The van der Waals surface area contributed by atoms with Gasteiger partial charge >= 0.3 is 5.97 Å². The molecule has 4 amide bonds. The number of amides is 4. The third-order valence-electron chi connectivity index (χ3n) is 14.3. The number of nitrogens with one attached hydrogen (secondary N) is 3. The van der Waals surface area contributed by atoms with Crippen LogP contribution in [0.4, 0.5) is 16.6 Å². The quantitative estimate of drug-likeness (QED) is 0.0599. The summed E-state index contributed by atoms with van der Waals surface area (Å²) in [5.41, 5.74) is 7.42. The van der Waals surface area contributed by atoms with Crippen LogP contribution in [0.25, 0.3) is 32.2 Å². The van der Waals surface area contributed by atoms with Crippen LogP contribution in [0.2, 0.25) is 0 Å². The number of fused-ring (bicyclic) bond motifs is 3. The molecule has 2 unspecified atom stereocenters. The van der Waals surface area contributed by atoms with Crippen molar-refractivity contribution in [1.82, 2.24) is 30.0 Å². The zero-order valence-electron chi connectivity index (χ0n) is 39.9. The molecule has 71 heavy (non-hydrogen) atoms. The summed E-state index contributed by atoms with van der Waals surface area (Å²) in [5.74, 6) is -0.832. The summed E-state index contributed by atoms with van der Waals surface area (Å²) >= 11 is 1.43. The average molecular weight is 974 g/mol. The van der Waals surface area contributed by atoms with Gasteiger partial charge in [-0.25, -0.2) is 14.8 Å². The number of hydrogen-bond acceptors (Lipinski definition) is 12. The second-order valence-electron chi connectivity index (χ2n) is 18.7. The zero-order valence-corrected chi connectivity index (χ0v) is 40.7. The van der Waals surface area contributed by atoms with Crippen molar-refractivity contribution in [3.8, 4) is 16.9 Å². The Kier molecular flexibility index (Phi) is 13.3. The lowest BCUT2D eigenvalue weighted by Crippen LogP contribution is -2.46. The monoisotopic (exact) mass is 973 g/mol. The van der Waals surface area contributed by atoms with Crippen molar-refractivity contribution in [3.05, 3.63) is 125 Å². The first-order valence-corrected chi connectivity index (χ1v) is 25.0. The van der Waals surface area contributed by atoms with Crippen LogP contribution in [0.15, 0.2) is 91.0 Å². The van der Waals surface area contributed by atoms with Gasteiger partial charge in [0, 0.05) is 48.8 Å². The predicted octanol–water partition coefficient (Wildman–Crippen LogP) is 8.49. The van der Waals surface area contributed by atoms with Gasteiger partial charge in [-0.15, -0.1) is 0 Å². The van der Waals surface area contributed by atoms with Gasteiger partial charge in [0.15, 0.2) is 10.8 Å². The third kappa shape index (κ3) is 9.84. The van der Waals surface area contributed by atoms with E-state index in [1.54, 1.807) is 11.7 Å². The van der Waals surface area contributed by atoms with E-state index in [9.17, 15) is 29.1 Å². The fourth-order valence-corrected chi connectivity index (χ4v) is 11.2. The third-order valence-corrected chi connectivity index (χ3v) is 15.3. The van der Waals surface area contributed by atoms with Crippen LogP contribution in [0.1, 0.15) is 94.6 Å². The normalized spacial score (nSPS) is 16.9. The topological polar surface area (TPSA) is 201 Å². The Balaban J connectivity index is 0.717. The van der Waals surface area contributed by atoms with Gasteiger partial charge in [-0.05, 0) is 148 Å². The smallest absolute Gasteiger partial charge is 0.355 e. The molecule has 3 aliphatic heterocycles. The Morgan fingerprint density at radius 2 is 1.72 bits per heavy atom. The lowest BCUT2D eigenvalue weighted by atomic mass is 9.91. The number of thiazole rings is 1. The summed E-state index contributed by atoms with van der Waals surface area (Å²) in [4.78, 5) is 77.7. The minimum Gasteiger partial charge on any atom is -0.493 e. The SMILES string of the molecule is Cc1c(OCCCC2CCN(C(C)C(=O)Nc3ccc4c(C5CCC(=O)NC5=O)nn(C)c4c3)CC2)cccc1-c1ccc(N2CCc3cccc(C(=O)Nc4nc5ccccc5s4)c3C2)nc1C(=O)O. The van der Waals surface area contributed by atoms with Crippen molar-refractivity contribution in [1.29, 1.82) is 0 Å². The largest absolute Gasteiger partial charge is 0.493 e. The highest BCUT2D eigenvalue weighted by Gasteiger charge is 2.33. The van der Waals surface area contributed by atoms with Crippen LogP contribution < -0.4 is 25.6 Å². The minimum absolute atomic E-state index is 0.0538. The molecular weight excluding hydrogens is 919 g/mol. The molecule has 364 valence electrons. The van der Waals surface area contributed by atoms with Gasteiger partial charge in [0.1, 0.15) is 11.6 Å². The first-order valence-electron chi connectivity index (χ1n) is 24.2. The van der Waals surface area contributed by atoms with Crippen molar-refractivity contribution in [2.24, 2.45) is 13.0 Å². The first kappa shape index (κ1) is 47.2. The number of carboxylic acid groups (broad SMARTS) is 1. The molecule has 2 saturated heterocycles. The Morgan fingerprint density at radius 3 is 2.52 bits per heavy atom. The molecule has 6 heterocycles. The standard InChI is InChI=1S/C54H55N9O7S/c1-31-36(37-18-20-46(57-49(37)53(68)69)63-27-24-34-10-6-12-38(41(34)30-63)51(66)59-54-56-42-13-4-5-15-45(42)71-54)11-7-14-44(31)70-28-8-9-33-22-25-62(26-23-33)32(2)50(65)55-35-16-17-39-43(29-35)61(3)60-48(39)40-19-21-47(64)58-52(40)67/h4-7,10-18,20,29,32-33,40H,8-9,19,21-28,30H2,1-3H3,(H,55,65)(H,68,69)(H,56,59,66)(H,58,64,67). The molecule has 0 bridgehead atoms. The lowest BCUT2D eigenvalue weighted by Gasteiger charge is -2.35. The fourth-order valence-electron chi connectivity index (χ4n) is 10.3. The van der Waals surface area contributed by atoms with Gasteiger partial charge < -0.3 is 20.1 Å². The van der Waals surface area contributed by atoms with Crippen LogP contribution >= 0.6 is 11.3 Å². The Bertz CT molecular complexity index is 3200. The molecule has 10 rings (SSSR count). The summed E-state index contributed by atoms with van der Waals surface area (Å²) < 4.78 is 9.04. The molecule has 0 spiro atoms. The number of hydrogen-bond donors (Lipinski definition) is 4. The van der Waals surface area contributed by atoms with Crippen LogP contribution in [0.5, 0.6) is 5.75 Å². The minimum atomic E-state index is -1.13. The van der Waals surface area contributed by atoms with Crippen LogP contribution in [0.3, 0.4) is 0 Å². The number of likely N-dealkylation sites (tertiary alicyclic amines) is 1. The van der Waals surface area contributed by atoms with Gasteiger partial charge in [-0.3, -0.25) is 39.4 Å². The van der Waals surface area contributed by atoms with Crippen LogP contribution in [-0.4, -0.2) is 91.6 Å². The maximum absolute atomic E-state index is 13.6. The maximum Gasteiger partial charge on any atom is 0.355 e. The van der Waals surface area contributed by atoms with Crippen molar-refractivity contribution in [2.75, 3.05) is 41.8 Å². The van der Waals surface area contributed by atoms with Crippen molar-refractivity contribution >= 4 is 78.7 Å². The molecule has 0 radical (unpaired) electrons. The summed E-state index contributed by atoms with van der Waals surface area (Å²) in [6.45, 7) is 7.02. The highest BCUT2D eigenvalue weighted by atomic mass is 32.1. The van der Waals surface area contributed by atoms with Crippen molar-refractivity contribution in [2.45, 2.75) is 77.3 Å². The molecular formula is C54H55N9O7S. The number of carbonyl (C=O) groups excluding carboxylic acids is 4. The van der Waals surface area contributed by atoms with E-state index in [0.29, 0.717) is 77.7 Å². The zero-order chi connectivity index (χ0) is 49.3. The van der Waals surface area contributed by atoms with E-state index in [1.165, 1.54) is 11.3 Å². The van der Waals surface area contributed by atoms with Gasteiger partial charge in [0.25, 0.3) is 5.91 Å². The summed E-state index contributed by atoms with van der Waals surface area (Å²) in [6.07, 6.45) is 5.15. The van der Waals surface area contributed by atoms with E-state index in [2.05, 4.69) is 30.9 Å². The number of piperidine rings is 2. The van der Waals surface area contributed by atoms with Crippen LogP contribution in [-0.2, 0) is 34.4 Å². The summed E-state index contributed by atoms with van der Waals surface area (Å²) in [5, 5.41) is 24.9. The summed E-state index contributed by atoms with van der Waals surface area (Å²) in [7, 11) is 1.81. The van der Waals surface area contributed by atoms with Crippen molar-refractivity contribution < 1.29 is 33.8 Å². The number of benzene rings is 4. The van der Waals surface area contributed by atoms with Gasteiger partial charge in [-0.1, -0.05) is 47.7 Å². The highest BCUT2D eigenvalue weighted by Crippen LogP contribution is 2.36. The summed E-state index contributed by atoms with van der Waals surface area (Å²) in [6, 6.07) is 28.1. The lowest BCUT2D eigenvalue weighted by molar-refractivity contribution is -0.134. The number of rotatable bonds is 14. The Morgan fingerprint density at radius 1 is 0.901 bits per heavy atom. The van der Waals surface area contributed by atoms with E-state index < -0.39 is 11.9 Å². The second kappa shape index (κ2) is 20.1. The molecule has 3 aromatic heterocycles. The molecule has 2 atom stereocenters. The number of pyridine rings is 1. The number of anilines is 3. The number of carboxylic acids is 1. The van der Waals surface area contributed by atoms with E-state index in [0.717, 1.165) is 82.1 Å². The maximum atomic E-state index is 13.6. The number of carbonyl (C=O) groups is 5. The molecule has 0 saturated carbocycles. The van der Waals surface area contributed by atoms with Gasteiger partial charge in [-0.2, -0.15) is 5.10 Å². The molecule has 2 fully saturated rings. The number of aromatic carboxylic acids is 1. The van der Waals surface area contributed by atoms with Gasteiger partial charge in [0.2, 0.25) is 17.7 Å². The number of imide groups is 1. The molecule has 3 aliphatic rings. The van der Waals surface area contributed by atoms with Crippen molar-refractivity contribution in [3.63, 3.8) is 0 Å². The van der Waals surface area contributed by atoms with E-state index in [-0.39, 0.29) is 41.8 Å². The molecule has 0 aliphatic carbocycles. The number of ether oxygens (including phenoxy) is 1. The van der Waals surface area contributed by atoms with Crippen LogP contribution in [0, 0.1) is 12.8 Å². The molecule has 16 nitrogen and oxygen atoms in total. The number of aromatic nitrogens is 4. The number of nitrogens with zero attached hydrogens (tertiary/aromatic N) is 6. The first-order chi connectivity index (χ1) is 34.4. The number of aryl methyl sites for hydroxylation is 1. The molecule has 4 aromatic carbocycles. The fraction of sp³-hybridized carbons (Fsp3) is 0.333. The highest BCUT2D eigenvalue weighted by molar-refractivity contribution is 7.22. The Labute approximate surface area is 414 Å². The number of para-hydroxylation sites is 1. The van der Waals surface area contributed by atoms with E-state index in [1.807, 2.05) is 110 Å². The average Bonchev–Trinajstić information content (AvgIpc) is 3.94. The molecule has 17 heteroatoms. The molecule has 4 N–H and O–H groups in total. The van der Waals surface area contributed by atoms with E-state index >= 15 is 0 Å². The second-order valence-corrected chi connectivity index (χ2v) is 19.8. The van der Waals surface area contributed by atoms with Gasteiger partial charge in [0.05, 0.1) is 40.0 Å².